The van der Waals surface area contributed by atoms with Gasteiger partial charge in [0.25, 0.3) is 6.43 Å². The van der Waals surface area contributed by atoms with Crippen LogP contribution in [0.5, 0.6) is 0 Å². The van der Waals surface area contributed by atoms with Crippen LogP contribution in [0.2, 0.25) is 0 Å². The molecule has 39 heavy (non-hydrogen) atoms. The molecule has 0 saturated carbocycles. The third-order valence-electron chi connectivity index (χ3n) is 6.25. The number of anilines is 2. The van der Waals surface area contributed by atoms with E-state index in [1.54, 1.807) is 54.6 Å². The lowest BCUT2D eigenvalue weighted by molar-refractivity contribution is -0.123. The van der Waals surface area contributed by atoms with E-state index in [0.29, 0.717) is 60.1 Å². The number of ether oxygens (including phenoxy) is 1. The molecular formula is C26H26F2N8O3. The number of aromatic nitrogens is 4. The summed E-state index contributed by atoms with van der Waals surface area (Å²) in [5, 5.41) is 2.67. The number of carbonyl (C=O) groups excluding carboxylic acids is 2. The molecule has 13 heteroatoms. The van der Waals surface area contributed by atoms with E-state index in [1.165, 1.54) is 4.57 Å². The summed E-state index contributed by atoms with van der Waals surface area (Å²) >= 11 is 0. The summed E-state index contributed by atoms with van der Waals surface area (Å²) in [4.78, 5) is 38.7. The van der Waals surface area contributed by atoms with E-state index >= 15 is 0 Å². The fourth-order valence-electron chi connectivity index (χ4n) is 4.26. The lowest BCUT2D eigenvalue weighted by atomic mass is 10.1. The molecule has 3 heterocycles. The zero-order valence-corrected chi connectivity index (χ0v) is 20.8. The van der Waals surface area contributed by atoms with Crippen LogP contribution < -0.4 is 21.7 Å². The minimum absolute atomic E-state index is 0.0656. The maximum absolute atomic E-state index is 14.1. The van der Waals surface area contributed by atoms with Crippen LogP contribution in [0, 0.1) is 0 Å². The monoisotopic (exact) mass is 536 g/mol. The first-order chi connectivity index (χ1) is 18.8. The highest BCUT2D eigenvalue weighted by Crippen LogP contribution is 2.30. The number of morpholine rings is 1. The van der Waals surface area contributed by atoms with Crippen molar-refractivity contribution < 1.29 is 23.1 Å². The van der Waals surface area contributed by atoms with Gasteiger partial charge in [-0.2, -0.15) is 4.98 Å². The second-order valence-corrected chi connectivity index (χ2v) is 8.94. The van der Waals surface area contributed by atoms with E-state index in [9.17, 15) is 18.4 Å². The predicted molar refractivity (Wildman–Crippen MR) is 141 cm³/mol. The van der Waals surface area contributed by atoms with Gasteiger partial charge in [0.1, 0.15) is 5.82 Å². The molecule has 202 valence electrons. The lowest BCUT2D eigenvalue weighted by Gasteiger charge is -2.28. The molecule has 1 aliphatic rings. The van der Waals surface area contributed by atoms with Gasteiger partial charge >= 0.3 is 0 Å². The number of nitrogens with two attached hydrogens (primary N) is 2. The van der Waals surface area contributed by atoms with Gasteiger partial charge in [-0.05, 0) is 24.3 Å². The Labute approximate surface area is 221 Å². The summed E-state index contributed by atoms with van der Waals surface area (Å²) in [5.74, 6) is -1.05. The molecule has 0 bridgehead atoms. The molecular weight excluding hydrogens is 510 g/mol. The Hall–Kier alpha value is -4.49. The average molecular weight is 537 g/mol. The predicted octanol–water partition coefficient (Wildman–Crippen LogP) is 2.40. The molecule has 1 saturated heterocycles. The van der Waals surface area contributed by atoms with Gasteiger partial charge in [0.2, 0.25) is 17.8 Å². The smallest absolute Gasteiger partial charge is 0.296 e. The lowest BCUT2D eigenvalue weighted by Crippen LogP contribution is -2.39. The summed E-state index contributed by atoms with van der Waals surface area (Å²) in [7, 11) is 0. The highest BCUT2D eigenvalue weighted by Gasteiger charge is 2.24. The summed E-state index contributed by atoms with van der Waals surface area (Å²) in [6.07, 6.45) is -3.09. The molecule has 0 unspecified atom stereocenters. The van der Waals surface area contributed by atoms with Crippen LogP contribution in [0.1, 0.15) is 18.7 Å². The summed E-state index contributed by atoms with van der Waals surface area (Å²) in [5.41, 5.74) is 13.2. The van der Waals surface area contributed by atoms with Crippen molar-refractivity contribution in [2.75, 3.05) is 36.5 Å². The van der Waals surface area contributed by atoms with Gasteiger partial charge in [0.15, 0.2) is 5.82 Å². The molecule has 5 rings (SSSR count). The SMILES string of the molecule is NC(=O)[C@H](N)CC(=O)Nc1ccc(-c2cc(N3CCOCC3)nc(-n3c(C(F)F)nc4ccccc43)n2)cc1. The normalized spacial score (nSPS) is 14.5. The minimum atomic E-state index is -2.85. The van der Waals surface area contributed by atoms with E-state index in [1.807, 2.05) is 4.90 Å². The molecule has 2 aromatic carbocycles. The maximum Gasteiger partial charge on any atom is 0.296 e. The van der Waals surface area contributed by atoms with Crippen LogP contribution in [0.4, 0.5) is 20.3 Å². The van der Waals surface area contributed by atoms with Crippen molar-refractivity contribution in [2.24, 2.45) is 11.5 Å². The van der Waals surface area contributed by atoms with Crippen molar-refractivity contribution >= 4 is 34.4 Å². The van der Waals surface area contributed by atoms with Crippen LogP contribution >= 0.6 is 0 Å². The van der Waals surface area contributed by atoms with Crippen molar-refractivity contribution in [1.82, 2.24) is 19.5 Å². The number of nitrogens with zero attached hydrogens (tertiary/aromatic N) is 5. The topological polar surface area (TPSA) is 154 Å². The number of benzene rings is 2. The number of halogens is 2. The number of hydrogen-bond donors (Lipinski definition) is 3. The van der Waals surface area contributed by atoms with Crippen molar-refractivity contribution in [2.45, 2.75) is 18.9 Å². The number of carbonyl (C=O) groups is 2. The first-order valence-corrected chi connectivity index (χ1v) is 12.2. The number of primary amides is 1. The van der Waals surface area contributed by atoms with Crippen LogP contribution in [0.3, 0.4) is 0 Å². The number of para-hydroxylation sites is 2. The fraction of sp³-hybridized carbons (Fsp3) is 0.269. The van der Waals surface area contributed by atoms with E-state index < -0.39 is 30.1 Å². The average Bonchev–Trinajstić information content (AvgIpc) is 3.34. The van der Waals surface area contributed by atoms with E-state index in [0.717, 1.165) is 0 Å². The maximum atomic E-state index is 14.1. The number of nitrogens with one attached hydrogen (secondary N) is 1. The van der Waals surface area contributed by atoms with Gasteiger partial charge in [0.05, 0.1) is 42.4 Å². The molecule has 1 aliphatic heterocycles. The number of fused-ring (bicyclic) bond motifs is 1. The van der Waals surface area contributed by atoms with E-state index in [-0.39, 0.29) is 12.4 Å². The molecule has 11 nitrogen and oxygen atoms in total. The van der Waals surface area contributed by atoms with Crippen LogP contribution in [-0.2, 0) is 14.3 Å². The Morgan fingerprint density at radius 1 is 1.03 bits per heavy atom. The number of alkyl halides is 2. The van der Waals surface area contributed by atoms with Crippen LogP contribution in [-0.4, -0.2) is 63.7 Å². The van der Waals surface area contributed by atoms with Crippen molar-refractivity contribution in [3.8, 4) is 17.2 Å². The number of rotatable bonds is 8. The molecule has 0 aliphatic carbocycles. The Bertz CT molecular complexity index is 1500. The first kappa shape index (κ1) is 26.1. The second-order valence-electron chi connectivity index (χ2n) is 8.94. The van der Waals surface area contributed by atoms with Gasteiger partial charge in [-0.1, -0.05) is 24.3 Å². The van der Waals surface area contributed by atoms with Gasteiger partial charge in [-0.25, -0.2) is 18.7 Å². The van der Waals surface area contributed by atoms with E-state index in [4.69, 9.17) is 16.2 Å². The summed E-state index contributed by atoms with van der Waals surface area (Å²) in [6.45, 7) is 2.19. The van der Waals surface area contributed by atoms with Gasteiger partial charge in [-0.15, -0.1) is 0 Å². The van der Waals surface area contributed by atoms with Gasteiger partial charge in [0, 0.05) is 30.4 Å². The first-order valence-electron chi connectivity index (χ1n) is 12.2. The molecule has 1 fully saturated rings. The summed E-state index contributed by atoms with van der Waals surface area (Å²) < 4.78 is 34.9. The quantitative estimate of drug-likeness (QED) is 0.310. The molecule has 5 N–H and O–H groups in total. The Morgan fingerprint density at radius 3 is 2.44 bits per heavy atom. The molecule has 0 spiro atoms. The molecule has 4 aromatic rings. The van der Waals surface area contributed by atoms with E-state index in [2.05, 4.69) is 20.3 Å². The Morgan fingerprint density at radius 2 is 1.74 bits per heavy atom. The summed E-state index contributed by atoms with van der Waals surface area (Å²) in [6, 6.07) is 14.3. The highest BCUT2D eigenvalue weighted by atomic mass is 19.3. The number of imidazole rings is 1. The molecule has 2 aromatic heterocycles. The van der Waals surface area contributed by atoms with Crippen LogP contribution in [0.15, 0.2) is 54.6 Å². The Kier molecular flexibility index (Phi) is 7.43. The fourth-order valence-corrected chi connectivity index (χ4v) is 4.26. The third kappa shape index (κ3) is 5.68. The molecule has 0 radical (unpaired) electrons. The Balaban J connectivity index is 1.53. The highest BCUT2D eigenvalue weighted by molar-refractivity contribution is 5.95. The van der Waals surface area contributed by atoms with Gasteiger partial charge < -0.3 is 26.4 Å². The molecule has 1 atom stereocenters. The van der Waals surface area contributed by atoms with Crippen molar-refractivity contribution in [1.29, 1.82) is 0 Å². The van der Waals surface area contributed by atoms with Crippen LogP contribution in [0.25, 0.3) is 28.2 Å². The standard InChI is InChI=1S/C26H26F2N8O3/c27-23(28)25-32-18-3-1-2-4-20(18)36(25)26-33-19(14-21(34-26)35-9-11-39-12-10-35)15-5-7-16(8-6-15)31-22(37)13-17(29)24(30)38/h1-8,14,17,23H,9-13,29H2,(H2,30,38)(H,31,37)/t17-/m1/s1. The molecule has 2 amide bonds. The van der Waals surface area contributed by atoms with Gasteiger partial charge in [-0.3, -0.25) is 14.2 Å². The third-order valence-corrected chi connectivity index (χ3v) is 6.25. The number of hydrogen-bond acceptors (Lipinski definition) is 8. The zero-order chi connectivity index (χ0) is 27.5. The van der Waals surface area contributed by atoms with Crippen molar-refractivity contribution in [3.05, 3.63) is 60.4 Å². The zero-order valence-electron chi connectivity index (χ0n) is 20.8. The second kappa shape index (κ2) is 11.1. The minimum Gasteiger partial charge on any atom is -0.378 e. The largest absolute Gasteiger partial charge is 0.378 e. The number of amides is 2. The van der Waals surface area contributed by atoms with Crippen molar-refractivity contribution in [3.63, 3.8) is 0 Å².